The summed E-state index contributed by atoms with van der Waals surface area (Å²) in [5.41, 5.74) is 0.698. The van der Waals surface area contributed by atoms with E-state index >= 15 is 0 Å². The van der Waals surface area contributed by atoms with Crippen molar-refractivity contribution >= 4 is 40.8 Å². The summed E-state index contributed by atoms with van der Waals surface area (Å²) in [7, 11) is 0. The Labute approximate surface area is 135 Å². The number of pyridine rings is 1. The second-order valence-corrected chi connectivity index (χ2v) is 5.38. The minimum atomic E-state index is -0.494. The molecule has 110 valence electrons. The zero-order valence-electron chi connectivity index (χ0n) is 11.0. The minimum absolute atomic E-state index is 0.0610. The standard InChI is InChI=1S/C15H8Cl2N2O3/c16-12-6-5-10(13(17)18-12)11(20)7-19-14(21)8-3-1-2-4-9(8)15(19)22/h1-6H,7H2. The fraction of sp³-hybridized carbons (Fsp3) is 0.0667. The predicted molar refractivity (Wildman–Crippen MR) is 80.4 cm³/mol. The van der Waals surface area contributed by atoms with Crippen molar-refractivity contribution in [1.29, 1.82) is 0 Å². The number of benzene rings is 1. The van der Waals surface area contributed by atoms with Crippen LogP contribution < -0.4 is 0 Å². The van der Waals surface area contributed by atoms with Crippen LogP contribution in [-0.4, -0.2) is 34.0 Å². The lowest BCUT2D eigenvalue weighted by Gasteiger charge is -2.13. The molecule has 2 heterocycles. The van der Waals surface area contributed by atoms with Gasteiger partial charge in [0.25, 0.3) is 11.8 Å². The number of hydrogen-bond donors (Lipinski definition) is 0. The lowest BCUT2D eigenvalue weighted by Crippen LogP contribution is -2.35. The van der Waals surface area contributed by atoms with E-state index in [0.29, 0.717) is 11.1 Å². The first-order valence-electron chi connectivity index (χ1n) is 6.29. The molecule has 2 amide bonds. The van der Waals surface area contributed by atoms with Crippen LogP contribution in [-0.2, 0) is 0 Å². The van der Waals surface area contributed by atoms with Crippen molar-refractivity contribution in [2.45, 2.75) is 0 Å². The number of aromatic nitrogens is 1. The maximum atomic E-state index is 12.3. The Balaban J connectivity index is 1.87. The quantitative estimate of drug-likeness (QED) is 0.491. The molecule has 1 aliphatic heterocycles. The number of halogens is 2. The third-order valence-electron chi connectivity index (χ3n) is 3.30. The highest BCUT2D eigenvalue weighted by atomic mass is 35.5. The summed E-state index contributed by atoms with van der Waals surface area (Å²) in [6.45, 7) is -0.393. The highest BCUT2D eigenvalue weighted by molar-refractivity contribution is 6.35. The average Bonchev–Trinajstić information content (AvgIpc) is 2.73. The molecule has 3 rings (SSSR count). The summed E-state index contributed by atoms with van der Waals surface area (Å²) in [5, 5.41) is 0.0939. The number of rotatable bonds is 3. The summed E-state index contributed by atoms with van der Waals surface area (Å²) >= 11 is 11.5. The minimum Gasteiger partial charge on any atom is -0.292 e. The zero-order chi connectivity index (χ0) is 15.9. The molecule has 0 radical (unpaired) electrons. The summed E-state index contributed by atoms with van der Waals surface area (Å²) < 4.78 is 0. The van der Waals surface area contributed by atoms with Crippen molar-refractivity contribution < 1.29 is 14.4 Å². The molecular weight excluding hydrogens is 327 g/mol. The van der Waals surface area contributed by atoms with E-state index in [1.54, 1.807) is 24.3 Å². The molecule has 0 atom stereocenters. The molecule has 0 aliphatic carbocycles. The van der Waals surface area contributed by atoms with Gasteiger partial charge in [0.2, 0.25) is 0 Å². The third-order valence-corrected chi connectivity index (χ3v) is 3.79. The Morgan fingerprint density at radius 3 is 2.14 bits per heavy atom. The molecule has 2 aromatic rings. The number of amides is 2. The first-order chi connectivity index (χ1) is 10.5. The number of carbonyl (C=O) groups excluding carboxylic acids is 3. The third kappa shape index (κ3) is 2.38. The highest BCUT2D eigenvalue weighted by Crippen LogP contribution is 2.24. The lowest BCUT2D eigenvalue weighted by molar-refractivity contribution is 0.0624. The van der Waals surface area contributed by atoms with E-state index in [2.05, 4.69) is 4.98 Å². The predicted octanol–water partition coefficient (Wildman–Crippen LogP) is 2.87. The van der Waals surface area contributed by atoms with Gasteiger partial charge in [0, 0.05) is 0 Å². The monoisotopic (exact) mass is 334 g/mol. The van der Waals surface area contributed by atoms with Gasteiger partial charge >= 0.3 is 0 Å². The van der Waals surface area contributed by atoms with E-state index in [-0.39, 0.29) is 15.9 Å². The van der Waals surface area contributed by atoms with Crippen molar-refractivity contribution in [2.24, 2.45) is 0 Å². The average molecular weight is 335 g/mol. The maximum absolute atomic E-state index is 12.3. The molecule has 0 fully saturated rings. The van der Waals surface area contributed by atoms with Crippen LogP contribution in [0.5, 0.6) is 0 Å². The number of hydrogen-bond acceptors (Lipinski definition) is 4. The molecule has 0 unspecified atom stereocenters. The molecule has 0 saturated carbocycles. The van der Waals surface area contributed by atoms with Gasteiger partial charge in [-0.05, 0) is 24.3 Å². The van der Waals surface area contributed by atoms with Crippen LogP contribution in [0.1, 0.15) is 31.1 Å². The van der Waals surface area contributed by atoms with Gasteiger partial charge in [0.1, 0.15) is 10.3 Å². The van der Waals surface area contributed by atoms with Gasteiger partial charge in [-0.1, -0.05) is 35.3 Å². The van der Waals surface area contributed by atoms with Crippen LogP contribution in [0.25, 0.3) is 0 Å². The molecule has 22 heavy (non-hydrogen) atoms. The molecular formula is C15H8Cl2N2O3. The smallest absolute Gasteiger partial charge is 0.261 e. The second kappa shape index (κ2) is 5.51. The number of nitrogens with zero attached hydrogens (tertiary/aromatic N) is 2. The van der Waals surface area contributed by atoms with Gasteiger partial charge in [-0.3, -0.25) is 19.3 Å². The molecule has 0 spiro atoms. The van der Waals surface area contributed by atoms with E-state index in [1.807, 2.05) is 0 Å². The Morgan fingerprint density at radius 2 is 1.59 bits per heavy atom. The topological polar surface area (TPSA) is 67.3 Å². The summed E-state index contributed by atoms with van der Waals surface area (Å²) in [6, 6.07) is 9.26. The Bertz CT molecular complexity index is 785. The van der Waals surface area contributed by atoms with Crippen LogP contribution in [0, 0.1) is 0 Å². The van der Waals surface area contributed by atoms with Crippen molar-refractivity contribution in [3.8, 4) is 0 Å². The summed E-state index contributed by atoms with van der Waals surface area (Å²) in [6.07, 6.45) is 0. The van der Waals surface area contributed by atoms with Gasteiger partial charge in [-0.15, -0.1) is 0 Å². The number of carbonyl (C=O) groups is 3. The van der Waals surface area contributed by atoms with Crippen LogP contribution >= 0.6 is 23.2 Å². The molecule has 0 bridgehead atoms. The number of imide groups is 1. The first-order valence-corrected chi connectivity index (χ1v) is 7.05. The largest absolute Gasteiger partial charge is 0.292 e. The van der Waals surface area contributed by atoms with E-state index in [4.69, 9.17) is 23.2 Å². The normalized spacial score (nSPS) is 13.5. The molecule has 5 nitrogen and oxygen atoms in total. The van der Waals surface area contributed by atoms with Gasteiger partial charge in [-0.25, -0.2) is 4.98 Å². The fourth-order valence-electron chi connectivity index (χ4n) is 2.23. The Hall–Kier alpha value is -2.24. The molecule has 0 saturated heterocycles. The Morgan fingerprint density at radius 1 is 1.00 bits per heavy atom. The maximum Gasteiger partial charge on any atom is 0.261 e. The molecule has 1 aromatic carbocycles. The van der Waals surface area contributed by atoms with Crippen LogP contribution in [0.3, 0.4) is 0 Å². The molecule has 7 heteroatoms. The number of Topliss-reactive ketones (excluding diaryl/α,β-unsaturated/α-hetero) is 1. The van der Waals surface area contributed by atoms with Crippen molar-refractivity contribution in [2.75, 3.05) is 6.54 Å². The van der Waals surface area contributed by atoms with Crippen molar-refractivity contribution in [3.63, 3.8) is 0 Å². The first kappa shape index (κ1) is 14.7. The van der Waals surface area contributed by atoms with Gasteiger partial charge in [0.15, 0.2) is 5.78 Å². The molecule has 1 aliphatic rings. The van der Waals surface area contributed by atoms with Crippen molar-refractivity contribution in [1.82, 2.24) is 9.88 Å². The summed E-state index contributed by atoms with van der Waals surface area (Å²) in [5.74, 6) is -1.47. The van der Waals surface area contributed by atoms with E-state index in [0.717, 1.165) is 4.90 Å². The Kier molecular flexibility index (Phi) is 3.68. The van der Waals surface area contributed by atoms with Crippen molar-refractivity contribution in [3.05, 3.63) is 63.4 Å². The zero-order valence-corrected chi connectivity index (χ0v) is 12.6. The lowest BCUT2D eigenvalue weighted by atomic mass is 10.1. The van der Waals surface area contributed by atoms with E-state index in [1.165, 1.54) is 12.1 Å². The van der Waals surface area contributed by atoms with Crippen LogP contribution in [0.15, 0.2) is 36.4 Å². The number of fused-ring (bicyclic) bond motifs is 1. The van der Waals surface area contributed by atoms with Crippen LogP contribution in [0.4, 0.5) is 0 Å². The SMILES string of the molecule is O=C(CN1C(=O)c2ccccc2C1=O)c1ccc(Cl)nc1Cl. The fourth-order valence-corrected chi connectivity index (χ4v) is 2.68. The highest BCUT2D eigenvalue weighted by Gasteiger charge is 2.36. The summed E-state index contributed by atoms with van der Waals surface area (Å²) in [4.78, 5) is 41.3. The van der Waals surface area contributed by atoms with Crippen LogP contribution in [0.2, 0.25) is 10.3 Å². The van der Waals surface area contributed by atoms with E-state index < -0.39 is 24.1 Å². The molecule has 0 N–H and O–H groups in total. The van der Waals surface area contributed by atoms with E-state index in [9.17, 15) is 14.4 Å². The molecule has 1 aromatic heterocycles. The second-order valence-electron chi connectivity index (χ2n) is 4.64. The number of ketones is 1. The van der Waals surface area contributed by atoms with Gasteiger partial charge < -0.3 is 0 Å². The van der Waals surface area contributed by atoms with Gasteiger partial charge in [-0.2, -0.15) is 0 Å². The van der Waals surface area contributed by atoms with Gasteiger partial charge in [0.05, 0.1) is 23.2 Å².